The van der Waals surface area contributed by atoms with Crippen molar-refractivity contribution in [1.29, 1.82) is 0 Å². The maximum Gasteiger partial charge on any atom is 0.266 e. The van der Waals surface area contributed by atoms with Gasteiger partial charge in [0.25, 0.3) is 5.56 Å². The summed E-state index contributed by atoms with van der Waals surface area (Å²) >= 11 is 0. The van der Waals surface area contributed by atoms with Gasteiger partial charge >= 0.3 is 0 Å². The van der Waals surface area contributed by atoms with Gasteiger partial charge in [0.2, 0.25) is 11.7 Å². The lowest BCUT2D eigenvalue weighted by molar-refractivity contribution is 0.313. The molecule has 9 heteroatoms. The third-order valence-electron chi connectivity index (χ3n) is 7.85. The van der Waals surface area contributed by atoms with Gasteiger partial charge in [0.05, 0.1) is 17.1 Å². The summed E-state index contributed by atoms with van der Waals surface area (Å²) < 4.78 is 3.71. The van der Waals surface area contributed by atoms with Crippen LogP contribution >= 0.6 is 0 Å². The largest absolute Gasteiger partial charge is 0.369 e. The Balaban J connectivity index is 1.31. The highest BCUT2D eigenvalue weighted by Crippen LogP contribution is 2.26. The molecule has 200 valence electrons. The zero-order valence-electron chi connectivity index (χ0n) is 22.5. The van der Waals surface area contributed by atoms with Gasteiger partial charge in [-0.05, 0) is 55.9 Å². The Labute approximate surface area is 231 Å². The van der Waals surface area contributed by atoms with Gasteiger partial charge in [0.1, 0.15) is 5.39 Å². The summed E-state index contributed by atoms with van der Waals surface area (Å²) in [6, 6.07) is 26.0. The number of anilines is 3. The number of aromatic nitrogens is 5. The number of rotatable bonds is 5. The van der Waals surface area contributed by atoms with Crippen LogP contribution in [0.15, 0.2) is 89.9 Å². The second kappa shape index (κ2) is 9.77. The van der Waals surface area contributed by atoms with Crippen LogP contribution < -0.4 is 15.8 Å². The van der Waals surface area contributed by atoms with E-state index < -0.39 is 0 Å². The van der Waals surface area contributed by atoms with Gasteiger partial charge in [-0.2, -0.15) is 4.98 Å². The summed E-state index contributed by atoms with van der Waals surface area (Å²) in [5, 5.41) is 3.77. The zero-order valence-corrected chi connectivity index (χ0v) is 22.5. The van der Waals surface area contributed by atoms with Gasteiger partial charge in [-0.15, -0.1) is 0 Å². The number of benzene rings is 3. The molecular weight excluding hydrogens is 500 g/mol. The average molecular weight is 531 g/mol. The number of fused-ring (bicyclic) bond motifs is 5. The molecule has 0 saturated carbocycles. The van der Waals surface area contributed by atoms with Crippen LogP contribution in [0.5, 0.6) is 0 Å². The number of para-hydroxylation sites is 2. The van der Waals surface area contributed by atoms with Crippen molar-refractivity contribution in [3.8, 4) is 0 Å². The third kappa shape index (κ3) is 4.15. The Morgan fingerprint density at radius 3 is 2.35 bits per heavy atom. The molecule has 3 aromatic heterocycles. The molecule has 7 rings (SSSR count). The predicted molar refractivity (Wildman–Crippen MR) is 160 cm³/mol. The van der Waals surface area contributed by atoms with E-state index in [1.165, 1.54) is 5.69 Å². The lowest BCUT2D eigenvalue weighted by Crippen LogP contribution is -2.44. The molecule has 1 saturated heterocycles. The zero-order chi connectivity index (χ0) is 27.2. The van der Waals surface area contributed by atoms with E-state index in [-0.39, 0.29) is 11.6 Å². The van der Waals surface area contributed by atoms with Crippen molar-refractivity contribution >= 4 is 45.2 Å². The quantitative estimate of drug-likeness (QED) is 0.346. The van der Waals surface area contributed by atoms with Crippen molar-refractivity contribution in [3.05, 3.63) is 101 Å². The fourth-order valence-corrected chi connectivity index (χ4v) is 5.54. The molecule has 40 heavy (non-hydrogen) atoms. The highest BCUT2D eigenvalue weighted by molar-refractivity contribution is 5.87. The van der Waals surface area contributed by atoms with Gasteiger partial charge in [-0.1, -0.05) is 42.5 Å². The van der Waals surface area contributed by atoms with E-state index in [1.807, 2.05) is 78.1 Å². The number of hydrogen-bond acceptors (Lipinski definition) is 7. The normalized spacial score (nSPS) is 15.2. The van der Waals surface area contributed by atoms with Crippen LogP contribution in [0.25, 0.3) is 27.8 Å². The molecule has 1 atom stereocenters. The van der Waals surface area contributed by atoms with E-state index >= 15 is 0 Å². The Morgan fingerprint density at radius 2 is 1.57 bits per heavy atom. The Kier molecular flexibility index (Phi) is 5.93. The van der Waals surface area contributed by atoms with E-state index in [0.29, 0.717) is 22.8 Å². The van der Waals surface area contributed by atoms with Crippen molar-refractivity contribution in [2.75, 3.05) is 43.4 Å². The van der Waals surface area contributed by atoms with Gasteiger partial charge in [0.15, 0.2) is 5.65 Å². The third-order valence-corrected chi connectivity index (χ3v) is 7.85. The molecule has 6 aromatic rings. The van der Waals surface area contributed by atoms with Crippen molar-refractivity contribution < 1.29 is 0 Å². The van der Waals surface area contributed by atoms with E-state index in [2.05, 4.69) is 39.3 Å². The first-order valence-corrected chi connectivity index (χ1v) is 13.6. The summed E-state index contributed by atoms with van der Waals surface area (Å²) in [5.41, 5.74) is 5.16. The molecule has 1 fully saturated rings. The standard InChI is InChI=1S/C31H30N8O/c1-21(22-8-4-3-5-9-22)38-29(40)25-20-32-30(35-28(25)39-27-11-7-6-10-26(27)34-31(38)39)33-23-12-14-24(15-13-23)37-18-16-36(2)17-19-37/h3-15,20-21H,16-19H2,1-2H3,(H,32,33,35)/t21-/m0/s1. The summed E-state index contributed by atoms with van der Waals surface area (Å²) in [6.45, 7) is 6.19. The summed E-state index contributed by atoms with van der Waals surface area (Å²) in [4.78, 5) is 32.9. The molecule has 1 N–H and O–H groups in total. The fraction of sp³-hybridized carbons (Fsp3) is 0.226. The number of nitrogens with one attached hydrogen (secondary N) is 1. The first-order valence-electron chi connectivity index (χ1n) is 13.6. The van der Waals surface area contributed by atoms with Crippen molar-refractivity contribution in [3.63, 3.8) is 0 Å². The molecule has 0 aliphatic carbocycles. The van der Waals surface area contributed by atoms with Crippen LogP contribution in [0.4, 0.5) is 17.3 Å². The van der Waals surface area contributed by atoms with Crippen LogP contribution in [-0.2, 0) is 0 Å². The molecule has 1 aliphatic rings. The van der Waals surface area contributed by atoms with E-state index in [1.54, 1.807) is 10.8 Å². The van der Waals surface area contributed by atoms with Crippen LogP contribution in [0, 0.1) is 0 Å². The molecule has 1 aliphatic heterocycles. The minimum Gasteiger partial charge on any atom is -0.369 e. The number of piperazine rings is 1. The van der Waals surface area contributed by atoms with E-state index in [0.717, 1.165) is 48.5 Å². The Hall–Kier alpha value is -4.76. The monoisotopic (exact) mass is 530 g/mol. The van der Waals surface area contributed by atoms with Gasteiger partial charge in [0, 0.05) is 43.8 Å². The van der Waals surface area contributed by atoms with Crippen molar-refractivity contribution in [2.45, 2.75) is 13.0 Å². The van der Waals surface area contributed by atoms with Crippen LogP contribution in [0.2, 0.25) is 0 Å². The summed E-state index contributed by atoms with van der Waals surface area (Å²) in [6.07, 6.45) is 1.62. The molecule has 0 unspecified atom stereocenters. The molecular formula is C31H30N8O. The van der Waals surface area contributed by atoms with Gasteiger partial charge < -0.3 is 15.1 Å². The molecule has 0 radical (unpaired) electrons. The molecule has 0 spiro atoms. The van der Waals surface area contributed by atoms with Crippen LogP contribution in [-0.4, -0.2) is 62.0 Å². The number of hydrogen-bond donors (Lipinski definition) is 1. The average Bonchev–Trinajstić information content (AvgIpc) is 3.38. The SMILES string of the molecule is C[C@@H](c1ccccc1)n1c(=O)c2cnc(Nc3ccc(N4CCN(C)CC4)cc3)nc2n2c3ccccc3nc12. The summed E-state index contributed by atoms with van der Waals surface area (Å²) in [7, 11) is 2.16. The van der Waals surface area contributed by atoms with Gasteiger partial charge in [-0.25, -0.2) is 9.97 Å². The Morgan fingerprint density at radius 1 is 0.850 bits per heavy atom. The number of nitrogens with zero attached hydrogens (tertiary/aromatic N) is 7. The summed E-state index contributed by atoms with van der Waals surface area (Å²) in [5.74, 6) is 0.975. The van der Waals surface area contributed by atoms with Crippen LogP contribution in [0.3, 0.4) is 0 Å². The highest BCUT2D eigenvalue weighted by Gasteiger charge is 2.21. The molecule has 4 heterocycles. The molecule has 0 amide bonds. The Bertz CT molecular complexity index is 1890. The van der Waals surface area contributed by atoms with Crippen molar-refractivity contribution in [1.82, 2.24) is 28.8 Å². The lowest BCUT2D eigenvalue weighted by Gasteiger charge is -2.34. The minimum absolute atomic E-state index is 0.169. The maximum atomic E-state index is 13.9. The predicted octanol–water partition coefficient (Wildman–Crippen LogP) is 4.70. The maximum absolute atomic E-state index is 13.9. The minimum atomic E-state index is -0.228. The van der Waals surface area contributed by atoms with Gasteiger partial charge in [-0.3, -0.25) is 13.8 Å². The highest BCUT2D eigenvalue weighted by atomic mass is 16.1. The second-order valence-corrected chi connectivity index (χ2v) is 10.4. The molecule has 9 nitrogen and oxygen atoms in total. The fourth-order valence-electron chi connectivity index (χ4n) is 5.54. The van der Waals surface area contributed by atoms with E-state index in [4.69, 9.17) is 9.97 Å². The van der Waals surface area contributed by atoms with E-state index in [9.17, 15) is 4.79 Å². The lowest BCUT2D eigenvalue weighted by atomic mass is 10.1. The molecule has 3 aromatic carbocycles. The number of imidazole rings is 1. The number of likely N-dealkylation sites (N-methyl/N-ethyl adjacent to an activating group) is 1. The first-order chi connectivity index (χ1) is 19.6. The topological polar surface area (TPSA) is 83.6 Å². The smallest absolute Gasteiger partial charge is 0.266 e. The van der Waals surface area contributed by atoms with Crippen molar-refractivity contribution in [2.24, 2.45) is 0 Å². The first kappa shape index (κ1) is 24.3. The molecule has 0 bridgehead atoms. The van der Waals surface area contributed by atoms with Crippen LogP contribution in [0.1, 0.15) is 18.5 Å². The second-order valence-electron chi connectivity index (χ2n) is 10.4.